The molecule has 17 heavy (non-hydrogen) atoms. The summed E-state index contributed by atoms with van der Waals surface area (Å²) in [7, 11) is 1.63. The van der Waals surface area contributed by atoms with Crippen molar-refractivity contribution < 1.29 is 4.79 Å². The van der Waals surface area contributed by atoms with Crippen LogP contribution in [0.5, 0.6) is 0 Å². The highest BCUT2D eigenvalue weighted by molar-refractivity contribution is 7.22. The van der Waals surface area contributed by atoms with Crippen LogP contribution in [0.2, 0.25) is 0 Å². The lowest BCUT2D eigenvalue weighted by Crippen LogP contribution is -2.35. The molecule has 0 fully saturated rings. The average Bonchev–Trinajstić information content (AvgIpc) is 2.72. The summed E-state index contributed by atoms with van der Waals surface area (Å²) in [5.41, 5.74) is 2.16. The van der Waals surface area contributed by atoms with Gasteiger partial charge in [-0.05, 0) is 25.5 Å². The molecule has 1 amide bonds. The van der Waals surface area contributed by atoms with Crippen molar-refractivity contribution in [2.45, 2.75) is 19.9 Å². The number of thiazole rings is 1. The minimum absolute atomic E-state index is 0.0408. The number of likely N-dealkylation sites (N-methyl/N-ethyl adjacent to an activating group) is 1. The summed E-state index contributed by atoms with van der Waals surface area (Å²) in [5, 5.41) is 6.49. The van der Waals surface area contributed by atoms with Crippen molar-refractivity contribution in [2.24, 2.45) is 0 Å². The van der Waals surface area contributed by atoms with E-state index in [1.807, 2.05) is 32.0 Å². The molecular weight excluding hydrogens is 234 g/mol. The normalized spacial score (nSPS) is 12.4. The predicted octanol–water partition coefficient (Wildman–Crippen LogP) is 2.15. The van der Waals surface area contributed by atoms with Gasteiger partial charge in [0.25, 0.3) is 0 Å². The van der Waals surface area contributed by atoms with E-state index < -0.39 is 0 Å². The number of hydrogen-bond donors (Lipinski definition) is 2. The Kier molecular flexibility index (Phi) is 3.28. The van der Waals surface area contributed by atoms with Crippen LogP contribution in [0, 0.1) is 6.92 Å². The van der Waals surface area contributed by atoms with E-state index in [2.05, 4.69) is 15.6 Å². The van der Waals surface area contributed by atoms with Gasteiger partial charge in [-0.2, -0.15) is 0 Å². The van der Waals surface area contributed by atoms with E-state index in [0.29, 0.717) is 0 Å². The molecule has 0 radical (unpaired) electrons. The van der Waals surface area contributed by atoms with Crippen molar-refractivity contribution in [3.63, 3.8) is 0 Å². The van der Waals surface area contributed by atoms with Crippen LogP contribution in [0.4, 0.5) is 5.13 Å². The second-order valence-corrected chi connectivity index (χ2v) is 4.95. The molecule has 0 saturated carbocycles. The molecule has 90 valence electrons. The van der Waals surface area contributed by atoms with Crippen LogP contribution in [0.3, 0.4) is 0 Å². The smallest absolute Gasteiger partial charge is 0.242 e. The Morgan fingerprint density at radius 2 is 2.24 bits per heavy atom. The Balaban J connectivity index is 2.26. The first-order valence-electron chi connectivity index (χ1n) is 5.46. The lowest BCUT2D eigenvalue weighted by atomic mass is 10.2. The fourth-order valence-corrected chi connectivity index (χ4v) is 2.65. The van der Waals surface area contributed by atoms with Gasteiger partial charge in [0.2, 0.25) is 5.91 Å². The topological polar surface area (TPSA) is 54.0 Å². The largest absolute Gasteiger partial charge is 0.357 e. The molecule has 0 bridgehead atoms. The molecule has 2 aromatic rings. The molecule has 1 atom stereocenters. The monoisotopic (exact) mass is 249 g/mol. The number of carbonyl (C=O) groups is 1. The summed E-state index contributed by atoms with van der Waals surface area (Å²) < 4.78 is 1.14. The first-order valence-corrected chi connectivity index (χ1v) is 6.27. The highest BCUT2D eigenvalue weighted by Crippen LogP contribution is 2.28. The van der Waals surface area contributed by atoms with E-state index in [0.717, 1.165) is 20.9 Å². The number of nitrogens with zero attached hydrogens (tertiary/aromatic N) is 1. The molecule has 2 N–H and O–H groups in total. The molecule has 1 aromatic heterocycles. The third kappa shape index (κ3) is 2.39. The van der Waals surface area contributed by atoms with Crippen LogP contribution in [-0.2, 0) is 4.79 Å². The lowest BCUT2D eigenvalue weighted by Gasteiger charge is -2.10. The number of anilines is 1. The highest BCUT2D eigenvalue weighted by Gasteiger charge is 2.13. The highest BCUT2D eigenvalue weighted by atomic mass is 32.1. The molecule has 5 heteroatoms. The first kappa shape index (κ1) is 11.9. The van der Waals surface area contributed by atoms with Gasteiger partial charge in [0.1, 0.15) is 6.04 Å². The van der Waals surface area contributed by atoms with Crippen molar-refractivity contribution in [1.82, 2.24) is 10.3 Å². The van der Waals surface area contributed by atoms with Gasteiger partial charge in [0.05, 0.1) is 10.2 Å². The van der Waals surface area contributed by atoms with E-state index >= 15 is 0 Å². The van der Waals surface area contributed by atoms with Crippen LogP contribution >= 0.6 is 11.3 Å². The molecule has 4 nitrogen and oxygen atoms in total. The maximum atomic E-state index is 11.4. The number of aromatic nitrogens is 1. The molecule has 0 aliphatic rings. The van der Waals surface area contributed by atoms with Gasteiger partial charge in [-0.3, -0.25) is 4.79 Å². The van der Waals surface area contributed by atoms with Gasteiger partial charge in [0, 0.05) is 7.05 Å². The zero-order chi connectivity index (χ0) is 12.4. The average molecular weight is 249 g/mol. The maximum Gasteiger partial charge on any atom is 0.242 e. The predicted molar refractivity (Wildman–Crippen MR) is 71.5 cm³/mol. The Morgan fingerprint density at radius 1 is 1.47 bits per heavy atom. The summed E-state index contributed by atoms with van der Waals surface area (Å²) in [6.07, 6.45) is 0. The van der Waals surface area contributed by atoms with Crippen molar-refractivity contribution in [3.05, 3.63) is 23.8 Å². The minimum Gasteiger partial charge on any atom is -0.357 e. The summed E-state index contributed by atoms with van der Waals surface area (Å²) in [6, 6.07) is 5.81. The number of hydrogen-bond acceptors (Lipinski definition) is 4. The summed E-state index contributed by atoms with van der Waals surface area (Å²) in [4.78, 5) is 15.9. The van der Waals surface area contributed by atoms with E-state index in [1.54, 1.807) is 18.4 Å². The first-order chi connectivity index (χ1) is 8.11. The van der Waals surface area contributed by atoms with Crippen LogP contribution < -0.4 is 10.6 Å². The Morgan fingerprint density at radius 3 is 2.88 bits per heavy atom. The van der Waals surface area contributed by atoms with Gasteiger partial charge in [-0.25, -0.2) is 4.98 Å². The van der Waals surface area contributed by atoms with Gasteiger partial charge < -0.3 is 10.6 Å². The fraction of sp³-hybridized carbons (Fsp3) is 0.333. The molecule has 1 aromatic carbocycles. The maximum absolute atomic E-state index is 11.4. The molecule has 1 heterocycles. The van der Waals surface area contributed by atoms with Gasteiger partial charge in [0.15, 0.2) is 5.13 Å². The quantitative estimate of drug-likeness (QED) is 0.876. The number of aryl methyl sites for hydroxylation is 1. The third-order valence-corrected chi connectivity index (χ3v) is 3.55. The van der Waals surface area contributed by atoms with Crippen molar-refractivity contribution in [1.29, 1.82) is 0 Å². The summed E-state index contributed by atoms with van der Waals surface area (Å²) >= 11 is 1.57. The number of para-hydroxylation sites is 1. The number of benzene rings is 1. The van der Waals surface area contributed by atoms with Crippen molar-refractivity contribution >= 4 is 32.6 Å². The van der Waals surface area contributed by atoms with Crippen molar-refractivity contribution in [3.8, 4) is 0 Å². The fourth-order valence-electron chi connectivity index (χ4n) is 1.62. The number of amides is 1. The second kappa shape index (κ2) is 4.71. The molecule has 0 aliphatic carbocycles. The number of nitrogens with one attached hydrogen (secondary N) is 2. The van der Waals surface area contributed by atoms with E-state index in [-0.39, 0.29) is 11.9 Å². The van der Waals surface area contributed by atoms with Crippen LogP contribution in [-0.4, -0.2) is 24.0 Å². The number of rotatable bonds is 3. The van der Waals surface area contributed by atoms with Gasteiger partial charge in [-0.15, -0.1) is 0 Å². The molecule has 0 aliphatic heterocycles. The lowest BCUT2D eigenvalue weighted by molar-refractivity contribution is -0.121. The second-order valence-electron chi connectivity index (χ2n) is 3.92. The van der Waals surface area contributed by atoms with Crippen LogP contribution in [0.15, 0.2) is 18.2 Å². The Hall–Kier alpha value is -1.62. The third-order valence-electron chi connectivity index (χ3n) is 2.60. The molecule has 2 rings (SSSR count). The van der Waals surface area contributed by atoms with Crippen LogP contribution in [0.1, 0.15) is 12.5 Å². The zero-order valence-corrected chi connectivity index (χ0v) is 10.9. The Labute approximate surface area is 104 Å². The zero-order valence-electron chi connectivity index (χ0n) is 10.1. The van der Waals surface area contributed by atoms with Gasteiger partial charge >= 0.3 is 0 Å². The van der Waals surface area contributed by atoms with E-state index in [1.165, 1.54) is 0 Å². The number of carbonyl (C=O) groups excluding carboxylic acids is 1. The SMILES string of the molecule is CNC(=O)C(C)Nc1nc2c(C)cccc2s1. The van der Waals surface area contributed by atoms with Crippen molar-refractivity contribution in [2.75, 3.05) is 12.4 Å². The minimum atomic E-state index is -0.277. The van der Waals surface area contributed by atoms with E-state index in [4.69, 9.17) is 0 Å². The summed E-state index contributed by atoms with van der Waals surface area (Å²) in [6.45, 7) is 3.85. The standard InChI is InChI=1S/C12H15N3OS/c1-7-5-4-6-9-10(7)15-12(17-9)14-8(2)11(16)13-3/h4-6,8H,1-3H3,(H,13,16)(H,14,15). The van der Waals surface area contributed by atoms with E-state index in [9.17, 15) is 4.79 Å². The number of fused-ring (bicyclic) bond motifs is 1. The molecule has 0 spiro atoms. The van der Waals surface area contributed by atoms with Gasteiger partial charge in [-0.1, -0.05) is 23.5 Å². The molecule has 0 saturated heterocycles. The Bertz CT molecular complexity index is 550. The molecular formula is C12H15N3OS. The summed E-state index contributed by atoms with van der Waals surface area (Å²) in [5.74, 6) is -0.0408. The molecule has 1 unspecified atom stereocenters. The van der Waals surface area contributed by atoms with Crippen LogP contribution in [0.25, 0.3) is 10.2 Å².